The van der Waals surface area contributed by atoms with Gasteiger partial charge in [-0.3, -0.25) is 9.69 Å². The summed E-state index contributed by atoms with van der Waals surface area (Å²) in [5, 5.41) is 9.63. The van der Waals surface area contributed by atoms with Crippen molar-refractivity contribution in [2.45, 2.75) is 37.8 Å². The molecule has 7 heteroatoms. The van der Waals surface area contributed by atoms with E-state index in [4.69, 9.17) is 4.74 Å². The molecule has 3 saturated heterocycles. The third kappa shape index (κ3) is 4.42. The van der Waals surface area contributed by atoms with Crippen LogP contribution in [-0.2, 0) is 4.74 Å². The van der Waals surface area contributed by atoms with Crippen LogP contribution in [0.15, 0.2) is 18.3 Å². The summed E-state index contributed by atoms with van der Waals surface area (Å²) in [5.74, 6) is 0.980. The van der Waals surface area contributed by atoms with Crippen molar-refractivity contribution in [2.24, 2.45) is 0 Å². The Morgan fingerprint density at radius 3 is 2.33 bits per heavy atom. The number of amides is 1. The molecule has 0 bridgehead atoms. The lowest BCUT2D eigenvalue weighted by atomic mass is 10.0. The van der Waals surface area contributed by atoms with Crippen LogP contribution in [0.4, 0.5) is 5.82 Å². The highest BCUT2D eigenvalue weighted by Crippen LogP contribution is 2.21. The first-order valence-electron chi connectivity index (χ1n) is 10.2. The number of aliphatic hydroxyl groups excluding tert-OH is 1. The molecular formula is C20H30N4O3. The number of likely N-dealkylation sites (tertiary alicyclic amines) is 1. The SMILES string of the molecule is O=C(c1ccc(N2CCC(O)CC2)nc1)N1CCC(N2CCOCC2)CC1. The summed E-state index contributed by atoms with van der Waals surface area (Å²) in [7, 11) is 0. The summed E-state index contributed by atoms with van der Waals surface area (Å²) in [6.45, 7) is 6.93. The van der Waals surface area contributed by atoms with Crippen molar-refractivity contribution < 1.29 is 14.6 Å². The van der Waals surface area contributed by atoms with E-state index in [1.165, 1.54) is 0 Å². The molecule has 0 unspecified atom stereocenters. The minimum Gasteiger partial charge on any atom is -0.393 e. The lowest BCUT2D eigenvalue weighted by Gasteiger charge is -2.40. The number of carbonyl (C=O) groups excluding carboxylic acids is 1. The minimum absolute atomic E-state index is 0.0866. The highest BCUT2D eigenvalue weighted by molar-refractivity contribution is 5.94. The molecule has 27 heavy (non-hydrogen) atoms. The Kier molecular flexibility index (Phi) is 5.90. The number of morpholine rings is 1. The summed E-state index contributed by atoms with van der Waals surface area (Å²) in [5.41, 5.74) is 0.667. The van der Waals surface area contributed by atoms with Crippen molar-refractivity contribution in [1.82, 2.24) is 14.8 Å². The topological polar surface area (TPSA) is 69.1 Å². The molecule has 0 atom stereocenters. The van der Waals surface area contributed by atoms with Gasteiger partial charge in [-0.15, -0.1) is 0 Å². The lowest BCUT2D eigenvalue weighted by molar-refractivity contribution is 0.00158. The third-order valence-electron chi connectivity index (χ3n) is 6.10. The maximum absolute atomic E-state index is 12.8. The van der Waals surface area contributed by atoms with Crippen molar-refractivity contribution in [3.05, 3.63) is 23.9 Å². The Morgan fingerprint density at radius 2 is 1.70 bits per heavy atom. The molecule has 0 spiro atoms. The Hall–Kier alpha value is -1.70. The van der Waals surface area contributed by atoms with E-state index in [0.29, 0.717) is 11.6 Å². The molecule has 1 aromatic heterocycles. The number of aliphatic hydroxyl groups is 1. The molecular weight excluding hydrogens is 344 g/mol. The van der Waals surface area contributed by atoms with E-state index < -0.39 is 0 Å². The third-order valence-corrected chi connectivity index (χ3v) is 6.10. The number of rotatable bonds is 3. The van der Waals surface area contributed by atoms with Gasteiger partial charge in [-0.25, -0.2) is 4.98 Å². The van der Waals surface area contributed by atoms with Crippen LogP contribution in [0, 0.1) is 0 Å². The van der Waals surface area contributed by atoms with E-state index in [1.54, 1.807) is 6.20 Å². The normalized spacial score (nSPS) is 23.6. The molecule has 4 heterocycles. The molecule has 7 nitrogen and oxygen atoms in total. The Morgan fingerprint density at radius 1 is 1.00 bits per heavy atom. The van der Waals surface area contributed by atoms with Gasteiger partial charge in [0.2, 0.25) is 0 Å². The molecule has 1 aromatic rings. The Balaban J connectivity index is 1.30. The van der Waals surface area contributed by atoms with E-state index in [1.807, 2.05) is 17.0 Å². The predicted molar refractivity (Wildman–Crippen MR) is 103 cm³/mol. The van der Waals surface area contributed by atoms with Gasteiger partial charge in [-0.05, 0) is 37.8 Å². The molecule has 148 valence electrons. The molecule has 3 aliphatic heterocycles. The second-order valence-electron chi connectivity index (χ2n) is 7.80. The molecule has 0 saturated carbocycles. The molecule has 1 N–H and O–H groups in total. The van der Waals surface area contributed by atoms with Crippen LogP contribution < -0.4 is 4.90 Å². The van der Waals surface area contributed by atoms with Crippen LogP contribution in [0.3, 0.4) is 0 Å². The molecule has 4 rings (SSSR count). The smallest absolute Gasteiger partial charge is 0.255 e. The van der Waals surface area contributed by atoms with Gasteiger partial charge < -0.3 is 19.6 Å². The fourth-order valence-corrected chi connectivity index (χ4v) is 4.35. The quantitative estimate of drug-likeness (QED) is 0.851. The standard InChI is InChI=1S/C20H30N4O3/c25-18-5-9-23(10-6-18)19-2-1-16(15-21-19)20(26)24-7-3-17(4-8-24)22-11-13-27-14-12-22/h1-2,15,17-18,25H,3-14H2. The van der Waals surface area contributed by atoms with Crippen molar-refractivity contribution in [2.75, 3.05) is 57.4 Å². The maximum Gasteiger partial charge on any atom is 0.255 e. The van der Waals surface area contributed by atoms with Crippen LogP contribution in [0.25, 0.3) is 0 Å². The van der Waals surface area contributed by atoms with Crippen molar-refractivity contribution in [1.29, 1.82) is 0 Å². The van der Waals surface area contributed by atoms with E-state index in [-0.39, 0.29) is 12.0 Å². The zero-order valence-corrected chi connectivity index (χ0v) is 15.9. The Labute approximate surface area is 160 Å². The van der Waals surface area contributed by atoms with Crippen molar-refractivity contribution >= 4 is 11.7 Å². The summed E-state index contributed by atoms with van der Waals surface area (Å²) in [4.78, 5) is 24.0. The largest absolute Gasteiger partial charge is 0.393 e. The van der Waals surface area contributed by atoms with Gasteiger partial charge in [0.15, 0.2) is 0 Å². The summed E-state index contributed by atoms with van der Waals surface area (Å²) in [6.07, 6.45) is 5.14. The van der Waals surface area contributed by atoms with Crippen LogP contribution >= 0.6 is 0 Å². The summed E-state index contributed by atoms with van der Waals surface area (Å²) < 4.78 is 5.44. The van der Waals surface area contributed by atoms with Crippen molar-refractivity contribution in [3.8, 4) is 0 Å². The van der Waals surface area contributed by atoms with Crippen LogP contribution in [-0.4, -0.2) is 90.4 Å². The molecule has 0 aromatic carbocycles. The van der Waals surface area contributed by atoms with Gasteiger partial charge in [-0.1, -0.05) is 0 Å². The number of piperidine rings is 2. The van der Waals surface area contributed by atoms with E-state index in [0.717, 1.165) is 84.0 Å². The van der Waals surface area contributed by atoms with E-state index in [2.05, 4.69) is 14.8 Å². The average molecular weight is 374 g/mol. The van der Waals surface area contributed by atoms with Gasteiger partial charge in [0.25, 0.3) is 5.91 Å². The van der Waals surface area contributed by atoms with Crippen LogP contribution in [0.5, 0.6) is 0 Å². The maximum atomic E-state index is 12.8. The number of pyridine rings is 1. The molecule has 3 fully saturated rings. The zero-order valence-electron chi connectivity index (χ0n) is 15.9. The average Bonchev–Trinajstić information content (AvgIpc) is 2.75. The highest BCUT2D eigenvalue weighted by atomic mass is 16.5. The van der Waals surface area contributed by atoms with Gasteiger partial charge in [0.05, 0.1) is 24.9 Å². The number of ether oxygens (including phenoxy) is 1. The van der Waals surface area contributed by atoms with Crippen LogP contribution in [0.2, 0.25) is 0 Å². The van der Waals surface area contributed by atoms with Gasteiger partial charge in [0.1, 0.15) is 5.82 Å². The van der Waals surface area contributed by atoms with Gasteiger partial charge >= 0.3 is 0 Å². The molecule has 3 aliphatic rings. The van der Waals surface area contributed by atoms with E-state index >= 15 is 0 Å². The molecule has 0 aliphatic carbocycles. The number of nitrogens with zero attached hydrogens (tertiary/aromatic N) is 4. The molecule has 1 amide bonds. The summed E-state index contributed by atoms with van der Waals surface area (Å²) >= 11 is 0. The first-order valence-corrected chi connectivity index (χ1v) is 10.2. The fourth-order valence-electron chi connectivity index (χ4n) is 4.35. The first kappa shape index (κ1) is 18.7. The fraction of sp³-hybridized carbons (Fsp3) is 0.700. The minimum atomic E-state index is -0.192. The Bertz CT molecular complexity index is 617. The van der Waals surface area contributed by atoms with E-state index in [9.17, 15) is 9.90 Å². The van der Waals surface area contributed by atoms with Crippen LogP contribution in [0.1, 0.15) is 36.0 Å². The van der Waals surface area contributed by atoms with Gasteiger partial charge in [0, 0.05) is 51.5 Å². The number of anilines is 1. The second kappa shape index (κ2) is 8.54. The zero-order chi connectivity index (χ0) is 18.6. The lowest BCUT2D eigenvalue weighted by Crippen LogP contribution is -2.50. The summed E-state index contributed by atoms with van der Waals surface area (Å²) in [6, 6.07) is 4.41. The number of carbonyl (C=O) groups is 1. The first-order chi connectivity index (χ1) is 13.2. The number of hydrogen-bond donors (Lipinski definition) is 1. The van der Waals surface area contributed by atoms with Crippen molar-refractivity contribution in [3.63, 3.8) is 0 Å². The second-order valence-corrected chi connectivity index (χ2v) is 7.80. The predicted octanol–water partition coefficient (Wildman–Crippen LogP) is 0.979. The van der Waals surface area contributed by atoms with Gasteiger partial charge in [-0.2, -0.15) is 0 Å². The number of aromatic nitrogens is 1. The highest BCUT2D eigenvalue weighted by Gasteiger charge is 2.28. The molecule has 0 radical (unpaired) electrons. The monoisotopic (exact) mass is 374 g/mol. The number of hydrogen-bond acceptors (Lipinski definition) is 6.